The maximum Gasteiger partial charge on any atom is 0.261 e. The van der Waals surface area contributed by atoms with Crippen molar-refractivity contribution in [2.24, 2.45) is 0 Å². The van der Waals surface area contributed by atoms with Gasteiger partial charge in [0, 0.05) is 5.56 Å². The lowest BCUT2D eigenvalue weighted by Crippen LogP contribution is -2.26. The Kier molecular flexibility index (Phi) is 5.98. The van der Waals surface area contributed by atoms with E-state index < -0.39 is 10.0 Å². The average molecular weight is 412 g/mol. The Balaban J connectivity index is 1.73. The van der Waals surface area contributed by atoms with Crippen molar-refractivity contribution < 1.29 is 17.6 Å². The first kappa shape index (κ1) is 20.5. The van der Waals surface area contributed by atoms with Crippen molar-refractivity contribution in [2.45, 2.75) is 24.8 Å². The van der Waals surface area contributed by atoms with Crippen LogP contribution in [0.15, 0.2) is 77.7 Å². The Morgan fingerprint density at radius 1 is 0.966 bits per heavy atom. The first-order chi connectivity index (χ1) is 13.8. The largest absolute Gasteiger partial charge is 0.346 e. The van der Waals surface area contributed by atoms with Crippen molar-refractivity contribution >= 4 is 21.6 Å². The molecule has 29 heavy (non-hydrogen) atoms. The zero-order chi connectivity index (χ0) is 21.0. The minimum atomic E-state index is -3.71. The summed E-state index contributed by atoms with van der Waals surface area (Å²) >= 11 is 0. The molecule has 0 aliphatic carbocycles. The van der Waals surface area contributed by atoms with Gasteiger partial charge in [-0.25, -0.2) is 12.8 Å². The lowest BCUT2D eigenvalue weighted by atomic mass is 10.1. The molecule has 0 aromatic heterocycles. The van der Waals surface area contributed by atoms with Gasteiger partial charge in [0.05, 0.1) is 16.6 Å². The van der Waals surface area contributed by atoms with Gasteiger partial charge in [-0.3, -0.25) is 9.52 Å². The van der Waals surface area contributed by atoms with Gasteiger partial charge in [0.25, 0.3) is 15.9 Å². The molecule has 1 amide bonds. The normalized spacial score (nSPS) is 12.2. The number of benzene rings is 3. The lowest BCUT2D eigenvalue weighted by Gasteiger charge is -2.16. The second kappa shape index (κ2) is 8.45. The first-order valence-corrected chi connectivity index (χ1v) is 10.5. The number of rotatable bonds is 6. The molecule has 3 rings (SSSR count). The standard InChI is InChI=1S/C22H21FN2O3S/c1-15-14-18(22(26)24-16(2)17-8-11-19(23)12-9-17)10-13-21(15)25-29(27,28)20-6-4-3-5-7-20/h3-14,16,25H,1-2H3,(H,24,26). The number of sulfonamides is 1. The molecular weight excluding hydrogens is 391 g/mol. The molecule has 3 aromatic carbocycles. The van der Waals surface area contributed by atoms with Crippen molar-refractivity contribution in [1.29, 1.82) is 0 Å². The number of aryl methyl sites for hydroxylation is 1. The lowest BCUT2D eigenvalue weighted by molar-refractivity contribution is 0.0940. The topological polar surface area (TPSA) is 75.3 Å². The molecule has 7 heteroatoms. The Hall–Kier alpha value is -3.19. The number of carbonyl (C=O) groups excluding carboxylic acids is 1. The average Bonchev–Trinajstić information content (AvgIpc) is 2.70. The SMILES string of the molecule is Cc1cc(C(=O)NC(C)c2ccc(F)cc2)ccc1NS(=O)(=O)c1ccccc1. The molecule has 0 bridgehead atoms. The van der Waals surface area contributed by atoms with E-state index in [2.05, 4.69) is 10.0 Å². The van der Waals surface area contributed by atoms with Crippen molar-refractivity contribution in [3.63, 3.8) is 0 Å². The van der Waals surface area contributed by atoms with E-state index in [0.29, 0.717) is 16.8 Å². The summed E-state index contributed by atoms with van der Waals surface area (Å²) in [6.07, 6.45) is 0. The molecule has 0 fully saturated rings. The fourth-order valence-corrected chi connectivity index (χ4v) is 3.99. The van der Waals surface area contributed by atoms with Gasteiger partial charge < -0.3 is 5.32 Å². The van der Waals surface area contributed by atoms with Crippen LogP contribution >= 0.6 is 0 Å². The summed E-state index contributed by atoms with van der Waals surface area (Å²) in [4.78, 5) is 12.7. The summed E-state index contributed by atoms with van der Waals surface area (Å²) in [6, 6.07) is 18.4. The molecule has 3 aromatic rings. The van der Waals surface area contributed by atoms with E-state index in [4.69, 9.17) is 0 Å². The Morgan fingerprint density at radius 2 is 1.62 bits per heavy atom. The molecule has 0 aliphatic heterocycles. The van der Waals surface area contributed by atoms with Crippen LogP contribution in [-0.4, -0.2) is 14.3 Å². The van der Waals surface area contributed by atoms with Crippen molar-refractivity contribution in [3.05, 3.63) is 95.3 Å². The van der Waals surface area contributed by atoms with Crippen LogP contribution < -0.4 is 10.0 Å². The van der Waals surface area contributed by atoms with Crippen LogP contribution in [0.25, 0.3) is 0 Å². The summed E-state index contributed by atoms with van der Waals surface area (Å²) in [5.74, 6) is -0.640. The maximum atomic E-state index is 13.0. The van der Waals surface area contributed by atoms with Gasteiger partial charge in [0.2, 0.25) is 0 Å². The van der Waals surface area contributed by atoms with Crippen LogP contribution in [0.1, 0.15) is 34.5 Å². The number of hydrogen-bond donors (Lipinski definition) is 2. The summed E-state index contributed by atoms with van der Waals surface area (Å²) in [5, 5.41) is 2.85. The number of amides is 1. The van der Waals surface area contributed by atoms with Crippen LogP contribution in [0, 0.1) is 12.7 Å². The van der Waals surface area contributed by atoms with Crippen LogP contribution in [0.4, 0.5) is 10.1 Å². The molecular formula is C22H21FN2O3S. The molecule has 2 N–H and O–H groups in total. The maximum absolute atomic E-state index is 13.0. The number of carbonyl (C=O) groups is 1. The fourth-order valence-electron chi connectivity index (χ4n) is 2.84. The van der Waals surface area contributed by atoms with E-state index in [9.17, 15) is 17.6 Å². The van der Waals surface area contributed by atoms with E-state index >= 15 is 0 Å². The number of halogens is 1. The molecule has 1 unspecified atom stereocenters. The quantitative estimate of drug-likeness (QED) is 0.629. The highest BCUT2D eigenvalue weighted by Crippen LogP contribution is 2.21. The Bertz CT molecular complexity index is 1110. The first-order valence-electron chi connectivity index (χ1n) is 9.01. The van der Waals surface area contributed by atoms with Gasteiger partial charge in [-0.1, -0.05) is 30.3 Å². The predicted octanol–water partition coefficient (Wildman–Crippen LogP) is 4.43. The van der Waals surface area contributed by atoms with Crippen LogP contribution in [0.3, 0.4) is 0 Å². The number of hydrogen-bond acceptors (Lipinski definition) is 3. The Labute approximate surface area is 169 Å². The van der Waals surface area contributed by atoms with E-state index in [1.807, 2.05) is 0 Å². The highest BCUT2D eigenvalue weighted by Gasteiger charge is 2.17. The van der Waals surface area contributed by atoms with E-state index in [1.54, 1.807) is 62.4 Å². The smallest absolute Gasteiger partial charge is 0.261 e. The summed E-state index contributed by atoms with van der Waals surface area (Å²) < 4.78 is 40.6. The monoisotopic (exact) mass is 412 g/mol. The van der Waals surface area contributed by atoms with Gasteiger partial charge in [0.15, 0.2) is 0 Å². The second-order valence-electron chi connectivity index (χ2n) is 6.69. The van der Waals surface area contributed by atoms with Crippen LogP contribution in [0.2, 0.25) is 0 Å². The van der Waals surface area contributed by atoms with Crippen molar-refractivity contribution in [2.75, 3.05) is 4.72 Å². The van der Waals surface area contributed by atoms with Gasteiger partial charge in [-0.05, 0) is 67.4 Å². The summed E-state index contributed by atoms with van der Waals surface area (Å²) in [7, 11) is -3.71. The highest BCUT2D eigenvalue weighted by atomic mass is 32.2. The zero-order valence-electron chi connectivity index (χ0n) is 16.0. The van der Waals surface area contributed by atoms with Crippen LogP contribution in [-0.2, 0) is 10.0 Å². The molecule has 0 saturated heterocycles. The van der Waals surface area contributed by atoms with Crippen molar-refractivity contribution in [3.8, 4) is 0 Å². The zero-order valence-corrected chi connectivity index (χ0v) is 16.8. The molecule has 5 nitrogen and oxygen atoms in total. The number of anilines is 1. The minimum absolute atomic E-state index is 0.161. The summed E-state index contributed by atoms with van der Waals surface area (Å²) in [5.41, 5.74) is 2.20. The molecule has 0 radical (unpaired) electrons. The van der Waals surface area contributed by atoms with E-state index in [-0.39, 0.29) is 22.7 Å². The third-order valence-corrected chi connectivity index (χ3v) is 5.89. The van der Waals surface area contributed by atoms with Gasteiger partial charge >= 0.3 is 0 Å². The molecule has 0 saturated carbocycles. The fraction of sp³-hybridized carbons (Fsp3) is 0.136. The Morgan fingerprint density at radius 3 is 2.24 bits per heavy atom. The van der Waals surface area contributed by atoms with Gasteiger partial charge in [0.1, 0.15) is 5.82 Å². The molecule has 0 aliphatic rings. The third-order valence-electron chi connectivity index (χ3n) is 4.50. The molecule has 0 spiro atoms. The molecule has 0 heterocycles. The predicted molar refractivity (Wildman–Crippen MR) is 111 cm³/mol. The molecule has 150 valence electrons. The van der Waals surface area contributed by atoms with Gasteiger partial charge in [-0.2, -0.15) is 0 Å². The second-order valence-corrected chi connectivity index (χ2v) is 8.38. The summed E-state index contributed by atoms with van der Waals surface area (Å²) in [6.45, 7) is 3.53. The van der Waals surface area contributed by atoms with Gasteiger partial charge in [-0.15, -0.1) is 0 Å². The van der Waals surface area contributed by atoms with Crippen molar-refractivity contribution in [1.82, 2.24) is 5.32 Å². The number of nitrogens with one attached hydrogen (secondary N) is 2. The minimum Gasteiger partial charge on any atom is -0.346 e. The third kappa shape index (κ3) is 5.00. The van der Waals surface area contributed by atoms with Crippen LogP contribution in [0.5, 0.6) is 0 Å². The van der Waals surface area contributed by atoms with E-state index in [0.717, 1.165) is 5.56 Å². The highest BCUT2D eigenvalue weighted by molar-refractivity contribution is 7.92. The molecule has 1 atom stereocenters. The van der Waals surface area contributed by atoms with E-state index in [1.165, 1.54) is 24.3 Å².